The van der Waals surface area contributed by atoms with E-state index < -0.39 is 9.84 Å². The maximum atomic E-state index is 12.5. The van der Waals surface area contributed by atoms with Gasteiger partial charge in [-0.3, -0.25) is 0 Å². The third-order valence-corrected chi connectivity index (χ3v) is 6.24. The number of benzene rings is 1. The maximum absolute atomic E-state index is 12.5. The van der Waals surface area contributed by atoms with Crippen LogP contribution in [0.5, 0.6) is 0 Å². The molecule has 0 radical (unpaired) electrons. The Bertz CT molecular complexity index is 559. The molecule has 1 N–H and O–H groups in total. The van der Waals surface area contributed by atoms with E-state index in [1.54, 1.807) is 0 Å². The van der Waals surface area contributed by atoms with Gasteiger partial charge in [-0.25, -0.2) is 8.42 Å². The third kappa shape index (κ3) is 1.66. The van der Waals surface area contributed by atoms with Crippen molar-refractivity contribution in [2.75, 3.05) is 17.6 Å². The van der Waals surface area contributed by atoms with Crippen LogP contribution in [0.2, 0.25) is 0 Å². The first kappa shape index (κ1) is 11.1. The normalized spacial score (nSPS) is 24.3. The van der Waals surface area contributed by atoms with E-state index in [4.69, 9.17) is 0 Å². The zero-order valence-corrected chi connectivity index (χ0v) is 10.8. The SMILES string of the molecule is Cc1cccc2c1S(=O)(=O)CC1(CCC1)CN2. The first-order chi connectivity index (χ1) is 8.03. The second-order valence-electron chi connectivity index (χ2n) is 5.42. The van der Waals surface area contributed by atoms with Gasteiger partial charge in [0.25, 0.3) is 0 Å². The summed E-state index contributed by atoms with van der Waals surface area (Å²) in [6.45, 7) is 2.67. The number of fused-ring (bicyclic) bond motifs is 1. The van der Waals surface area contributed by atoms with E-state index in [1.807, 2.05) is 25.1 Å². The molecule has 17 heavy (non-hydrogen) atoms. The Morgan fingerprint density at radius 1 is 1.29 bits per heavy atom. The molecule has 3 nitrogen and oxygen atoms in total. The Morgan fingerprint density at radius 2 is 2.06 bits per heavy atom. The Kier molecular flexibility index (Phi) is 2.27. The van der Waals surface area contributed by atoms with Crippen molar-refractivity contribution in [2.24, 2.45) is 5.41 Å². The van der Waals surface area contributed by atoms with E-state index in [9.17, 15) is 8.42 Å². The van der Waals surface area contributed by atoms with Crippen LogP contribution in [0, 0.1) is 12.3 Å². The fourth-order valence-electron chi connectivity index (χ4n) is 3.01. The van der Waals surface area contributed by atoms with E-state index in [2.05, 4.69) is 5.32 Å². The molecule has 1 saturated carbocycles. The molecule has 0 atom stereocenters. The second-order valence-corrected chi connectivity index (χ2v) is 7.34. The number of aryl methyl sites for hydroxylation is 1. The van der Waals surface area contributed by atoms with Gasteiger partial charge in [-0.05, 0) is 31.4 Å². The summed E-state index contributed by atoms with van der Waals surface area (Å²) >= 11 is 0. The molecular weight excluding hydrogens is 234 g/mol. The molecule has 1 aromatic rings. The molecule has 1 aromatic carbocycles. The minimum Gasteiger partial charge on any atom is -0.383 e. The van der Waals surface area contributed by atoms with Gasteiger partial charge in [0.05, 0.1) is 16.3 Å². The van der Waals surface area contributed by atoms with Crippen molar-refractivity contribution in [2.45, 2.75) is 31.1 Å². The van der Waals surface area contributed by atoms with Gasteiger partial charge in [-0.15, -0.1) is 0 Å². The number of hydrogen-bond acceptors (Lipinski definition) is 3. The second kappa shape index (κ2) is 3.48. The fourth-order valence-corrected chi connectivity index (χ4v) is 5.39. The third-order valence-electron chi connectivity index (χ3n) is 4.09. The van der Waals surface area contributed by atoms with Crippen LogP contribution >= 0.6 is 0 Å². The summed E-state index contributed by atoms with van der Waals surface area (Å²) in [5, 5.41) is 3.34. The Hall–Kier alpha value is -1.03. The van der Waals surface area contributed by atoms with Crippen LogP contribution in [0.4, 0.5) is 5.69 Å². The van der Waals surface area contributed by atoms with Crippen molar-refractivity contribution in [1.82, 2.24) is 0 Å². The predicted molar refractivity (Wildman–Crippen MR) is 68.0 cm³/mol. The topological polar surface area (TPSA) is 46.2 Å². The predicted octanol–water partition coefficient (Wildman–Crippen LogP) is 2.36. The van der Waals surface area contributed by atoms with Crippen LogP contribution in [-0.4, -0.2) is 20.7 Å². The molecule has 0 unspecified atom stereocenters. The molecule has 0 aromatic heterocycles. The van der Waals surface area contributed by atoms with Gasteiger partial charge in [0.2, 0.25) is 0 Å². The summed E-state index contributed by atoms with van der Waals surface area (Å²) in [4.78, 5) is 0.517. The van der Waals surface area contributed by atoms with Gasteiger partial charge in [-0.1, -0.05) is 18.6 Å². The van der Waals surface area contributed by atoms with Crippen molar-refractivity contribution in [3.63, 3.8) is 0 Å². The minimum absolute atomic E-state index is 0.00963. The van der Waals surface area contributed by atoms with Gasteiger partial charge in [0, 0.05) is 12.0 Å². The average molecular weight is 251 g/mol. The smallest absolute Gasteiger partial charge is 0.181 e. The summed E-state index contributed by atoms with van der Waals surface area (Å²) in [7, 11) is -3.14. The molecule has 1 spiro atoms. The molecule has 1 aliphatic carbocycles. The molecule has 0 saturated heterocycles. The molecule has 2 aliphatic rings. The minimum atomic E-state index is -3.14. The molecule has 1 aliphatic heterocycles. The lowest BCUT2D eigenvalue weighted by Gasteiger charge is -2.40. The summed E-state index contributed by atoms with van der Waals surface area (Å²) in [5.74, 6) is 0.310. The van der Waals surface area contributed by atoms with E-state index in [1.165, 1.54) is 0 Å². The van der Waals surface area contributed by atoms with Gasteiger partial charge in [0.15, 0.2) is 9.84 Å². The average Bonchev–Trinajstić information content (AvgIpc) is 2.33. The summed E-state index contributed by atoms with van der Waals surface area (Å²) in [6.07, 6.45) is 3.23. The number of anilines is 1. The molecule has 1 fully saturated rings. The van der Waals surface area contributed by atoms with Crippen LogP contribution < -0.4 is 5.32 Å². The highest BCUT2D eigenvalue weighted by molar-refractivity contribution is 7.91. The molecule has 0 amide bonds. The fraction of sp³-hybridized carbons (Fsp3) is 0.538. The number of nitrogens with one attached hydrogen (secondary N) is 1. The van der Waals surface area contributed by atoms with E-state index in [0.29, 0.717) is 10.6 Å². The van der Waals surface area contributed by atoms with Crippen molar-refractivity contribution in [3.8, 4) is 0 Å². The molecule has 0 bridgehead atoms. The quantitative estimate of drug-likeness (QED) is 0.770. The van der Waals surface area contributed by atoms with Crippen LogP contribution in [0.15, 0.2) is 23.1 Å². The first-order valence-electron chi connectivity index (χ1n) is 6.09. The van der Waals surface area contributed by atoms with Crippen molar-refractivity contribution in [3.05, 3.63) is 23.8 Å². The van der Waals surface area contributed by atoms with Crippen molar-refractivity contribution >= 4 is 15.5 Å². The maximum Gasteiger partial charge on any atom is 0.181 e. The van der Waals surface area contributed by atoms with E-state index in [-0.39, 0.29) is 5.41 Å². The van der Waals surface area contributed by atoms with Crippen molar-refractivity contribution < 1.29 is 8.42 Å². The monoisotopic (exact) mass is 251 g/mol. The summed E-state index contributed by atoms with van der Waals surface area (Å²) in [6, 6.07) is 5.66. The van der Waals surface area contributed by atoms with Gasteiger partial charge in [0.1, 0.15) is 0 Å². The lowest BCUT2D eigenvalue weighted by atomic mass is 9.70. The van der Waals surface area contributed by atoms with E-state index >= 15 is 0 Å². The Morgan fingerprint density at radius 3 is 2.71 bits per heavy atom. The Labute approximate surface area is 102 Å². The van der Waals surface area contributed by atoms with Gasteiger partial charge < -0.3 is 5.32 Å². The molecular formula is C13H17NO2S. The van der Waals surface area contributed by atoms with Crippen LogP contribution in [0.3, 0.4) is 0 Å². The molecule has 3 rings (SSSR count). The number of rotatable bonds is 0. The van der Waals surface area contributed by atoms with Crippen LogP contribution in [0.1, 0.15) is 24.8 Å². The lowest BCUT2D eigenvalue weighted by molar-refractivity contribution is 0.184. The first-order valence-corrected chi connectivity index (χ1v) is 7.74. The lowest BCUT2D eigenvalue weighted by Crippen LogP contribution is -2.40. The Balaban J connectivity index is 2.14. The van der Waals surface area contributed by atoms with Crippen molar-refractivity contribution in [1.29, 1.82) is 0 Å². The molecule has 92 valence electrons. The van der Waals surface area contributed by atoms with Crippen LogP contribution in [-0.2, 0) is 9.84 Å². The van der Waals surface area contributed by atoms with Gasteiger partial charge in [-0.2, -0.15) is 0 Å². The number of hydrogen-bond donors (Lipinski definition) is 1. The molecule has 4 heteroatoms. The van der Waals surface area contributed by atoms with E-state index in [0.717, 1.165) is 37.1 Å². The largest absolute Gasteiger partial charge is 0.383 e. The summed E-state index contributed by atoms with van der Waals surface area (Å²) in [5.41, 5.74) is 1.63. The van der Waals surface area contributed by atoms with Crippen LogP contribution in [0.25, 0.3) is 0 Å². The summed E-state index contributed by atoms with van der Waals surface area (Å²) < 4.78 is 25.0. The zero-order valence-electron chi connectivity index (χ0n) is 9.99. The molecule has 1 heterocycles. The standard InChI is InChI=1S/C13H17NO2S/c1-10-4-2-5-11-12(10)17(15,16)9-13(8-14-11)6-3-7-13/h2,4-5,14H,3,6-9H2,1H3. The number of sulfone groups is 1. The highest BCUT2D eigenvalue weighted by Gasteiger charge is 2.44. The highest BCUT2D eigenvalue weighted by Crippen LogP contribution is 2.46. The zero-order chi connectivity index (χ0) is 12.1. The van der Waals surface area contributed by atoms with Gasteiger partial charge >= 0.3 is 0 Å². The highest BCUT2D eigenvalue weighted by atomic mass is 32.2.